The number of hydrogen-bond donors (Lipinski definition) is 1. The number of pyridine rings is 1. The van der Waals surface area contributed by atoms with Gasteiger partial charge in [-0.2, -0.15) is 0 Å². The van der Waals surface area contributed by atoms with Gasteiger partial charge in [0.15, 0.2) is 0 Å². The number of anilines is 1. The van der Waals surface area contributed by atoms with Crippen LogP contribution in [0.25, 0.3) is 0 Å². The molecule has 2 rings (SSSR count). The third-order valence-corrected chi connectivity index (χ3v) is 4.10. The average Bonchev–Trinajstić information content (AvgIpc) is 2.29. The van der Waals surface area contributed by atoms with Crippen LogP contribution in [-0.4, -0.2) is 29.3 Å². The zero-order valence-corrected chi connectivity index (χ0v) is 12.1. The van der Waals surface area contributed by atoms with Crippen LogP contribution in [0, 0.1) is 0 Å². The van der Waals surface area contributed by atoms with Crippen LogP contribution in [-0.2, 0) is 0 Å². The van der Waals surface area contributed by atoms with Gasteiger partial charge < -0.3 is 10.0 Å². The molecule has 2 atom stereocenters. The van der Waals surface area contributed by atoms with Crippen LogP contribution in [0.15, 0.2) is 16.7 Å². The number of aliphatic hydroxyl groups is 1. The van der Waals surface area contributed by atoms with Crippen LogP contribution in [0.1, 0.15) is 25.7 Å². The van der Waals surface area contributed by atoms with E-state index >= 15 is 0 Å². The van der Waals surface area contributed by atoms with Gasteiger partial charge in [0.05, 0.1) is 21.6 Å². The topological polar surface area (TPSA) is 36.4 Å². The van der Waals surface area contributed by atoms with Crippen molar-refractivity contribution in [2.24, 2.45) is 0 Å². The van der Waals surface area contributed by atoms with Crippen LogP contribution in [0.3, 0.4) is 0 Å². The third-order valence-electron chi connectivity index (χ3n) is 3.31. The van der Waals surface area contributed by atoms with Crippen molar-refractivity contribution < 1.29 is 5.11 Å². The number of hydrogen-bond acceptors (Lipinski definition) is 3. The zero-order chi connectivity index (χ0) is 12.4. The van der Waals surface area contributed by atoms with Gasteiger partial charge in [-0.25, -0.2) is 4.98 Å². The molecule has 94 valence electrons. The quantitative estimate of drug-likeness (QED) is 0.909. The summed E-state index contributed by atoms with van der Waals surface area (Å²) in [5.41, 5.74) is 0. The summed E-state index contributed by atoms with van der Waals surface area (Å²) in [5.74, 6) is 0.834. The van der Waals surface area contributed by atoms with E-state index in [1.54, 1.807) is 6.20 Å². The van der Waals surface area contributed by atoms with E-state index in [1.165, 1.54) is 0 Å². The molecule has 1 aromatic heterocycles. The summed E-state index contributed by atoms with van der Waals surface area (Å²) in [4.78, 5) is 6.37. The monoisotopic (exact) mass is 318 g/mol. The van der Waals surface area contributed by atoms with Gasteiger partial charge in [0.25, 0.3) is 0 Å². The molecule has 0 bridgehead atoms. The Labute approximate surface area is 115 Å². The number of aliphatic hydroxyl groups excluding tert-OH is 1. The van der Waals surface area contributed by atoms with Crippen molar-refractivity contribution in [2.75, 3.05) is 11.9 Å². The highest BCUT2D eigenvalue weighted by molar-refractivity contribution is 9.10. The van der Waals surface area contributed by atoms with Gasteiger partial charge in [0.2, 0.25) is 0 Å². The third kappa shape index (κ3) is 2.92. The van der Waals surface area contributed by atoms with Gasteiger partial charge in [-0.05, 0) is 34.8 Å². The molecule has 0 amide bonds. The molecule has 1 fully saturated rings. The van der Waals surface area contributed by atoms with Gasteiger partial charge in [-0.1, -0.05) is 24.4 Å². The lowest BCUT2D eigenvalue weighted by molar-refractivity contribution is 0.106. The molecule has 1 aliphatic rings. The lowest BCUT2D eigenvalue weighted by atomic mass is 9.91. The Balaban J connectivity index is 2.20. The summed E-state index contributed by atoms with van der Waals surface area (Å²) in [6.07, 6.45) is 5.53. The summed E-state index contributed by atoms with van der Waals surface area (Å²) in [6.45, 7) is 0. The molecule has 1 N–H and O–H groups in total. The fraction of sp³-hybridized carbons (Fsp3) is 0.583. The van der Waals surface area contributed by atoms with E-state index in [4.69, 9.17) is 11.6 Å². The summed E-state index contributed by atoms with van der Waals surface area (Å²) >= 11 is 9.34. The fourth-order valence-corrected chi connectivity index (χ4v) is 3.29. The normalized spacial score (nSPS) is 24.7. The minimum atomic E-state index is -0.266. The van der Waals surface area contributed by atoms with Gasteiger partial charge >= 0.3 is 0 Å². The molecular weight excluding hydrogens is 304 g/mol. The molecule has 1 aromatic rings. The van der Waals surface area contributed by atoms with E-state index in [1.807, 2.05) is 18.0 Å². The highest BCUT2D eigenvalue weighted by Crippen LogP contribution is 2.31. The molecule has 0 saturated heterocycles. The van der Waals surface area contributed by atoms with Crippen molar-refractivity contribution in [2.45, 2.75) is 37.8 Å². The largest absolute Gasteiger partial charge is 0.391 e. The SMILES string of the molecule is CN(c1ncc(Cl)cc1Br)C1CCCCC1O. The molecule has 0 radical (unpaired) electrons. The molecule has 1 heterocycles. The first-order valence-electron chi connectivity index (χ1n) is 5.81. The van der Waals surface area contributed by atoms with Crippen molar-refractivity contribution in [3.8, 4) is 0 Å². The molecule has 1 aliphatic carbocycles. The summed E-state index contributed by atoms with van der Waals surface area (Å²) in [6, 6.07) is 1.98. The molecular formula is C12H16BrClN2O. The minimum absolute atomic E-state index is 0.147. The van der Waals surface area contributed by atoms with E-state index in [2.05, 4.69) is 20.9 Å². The van der Waals surface area contributed by atoms with Gasteiger partial charge in [0.1, 0.15) is 5.82 Å². The molecule has 0 spiro atoms. The van der Waals surface area contributed by atoms with Crippen LogP contribution >= 0.6 is 27.5 Å². The Bertz CT molecular complexity index is 402. The number of nitrogens with zero attached hydrogens (tertiary/aromatic N) is 2. The zero-order valence-electron chi connectivity index (χ0n) is 9.74. The van der Waals surface area contributed by atoms with Gasteiger partial charge in [-0.15, -0.1) is 0 Å². The molecule has 17 heavy (non-hydrogen) atoms. The first-order chi connectivity index (χ1) is 8.09. The summed E-state index contributed by atoms with van der Waals surface area (Å²) < 4.78 is 0.866. The van der Waals surface area contributed by atoms with E-state index in [0.717, 1.165) is 36.0 Å². The Kier molecular flexibility index (Phi) is 4.28. The molecule has 2 unspecified atom stereocenters. The highest BCUT2D eigenvalue weighted by Gasteiger charge is 2.28. The Morgan fingerprint density at radius 1 is 1.47 bits per heavy atom. The lowest BCUT2D eigenvalue weighted by Crippen LogP contribution is -2.43. The van der Waals surface area contributed by atoms with Crippen molar-refractivity contribution in [3.05, 3.63) is 21.8 Å². The Morgan fingerprint density at radius 2 is 2.18 bits per heavy atom. The van der Waals surface area contributed by atoms with Crippen molar-refractivity contribution >= 4 is 33.3 Å². The second-order valence-corrected chi connectivity index (χ2v) is 5.78. The smallest absolute Gasteiger partial charge is 0.143 e. The van der Waals surface area contributed by atoms with Gasteiger partial charge in [0, 0.05) is 13.2 Å². The number of aromatic nitrogens is 1. The molecule has 5 heteroatoms. The molecule has 1 saturated carbocycles. The van der Waals surface area contributed by atoms with Crippen LogP contribution in [0.5, 0.6) is 0 Å². The standard InChI is InChI=1S/C12H16BrClN2O/c1-16(10-4-2-3-5-11(10)17)12-9(13)6-8(14)7-15-12/h6-7,10-11,17H,2-5H2,1H3. The van der Waals surface area contributed by atoms with Crippen molar-refractivity contribution in [1.29, 1.82) is 0 Å². The van der Waals surface area contributed by atoms with E-state index < -0.39 is 0 Å². The minimum Gasteiger partial charge on any atom is -0.391 e. The second kappa shape index (κ2) is 5.55. The first kappa shape index (κ1) is 13.1. The number of halogens is 2. The maximum absolute atomic E-state index is 10.0. The highest BCUT2D eigenvalue weighted by atomic mass is 79.9. The van der Waals surface area contributed by atoms with E-state index in [9.17, 15) is 5.11 Å². The lowest BCUT2D eigenvalue weighted by Gasteiger charge is -2.36. The predicted octanol–water partition coefficient (Wildman–Crippen LogP) is 3.24. The predicted molar refractivity (Wildman–Crippen MR) is 73.6 cm³/mol. The molecule has 0 aliphatic heterocycles. The van der Waals surface area contributed by atoms with Crippen LogP contribution in [0.4, 0.5) is 5.82 Å². The number of rotatable bonds is 2. The molecule has 0 aromatic carbocycles. The van der Waals surface area contributed by atoms with Crippen molar-refractivity contribution in [3.63, 3.8) is 0 Å². The Hall–Kier alpha value is -0.320. The Morgan fingerprint density at radius 3 is 2.82 bits per heavy atom. The van der Waals surface area contributed by atoms with Crippen LogP contribution in [0.2, 0.25) is 5.02 Å². The first-order valence-corrected chi connectivity index (χ1v) is 6.98. The average molecular weight is 320 g/mol. The summed E-state index contributed by atoms with van der Waals surface area (Å²) in [5, 5.41) is 10.6. The maximum Gasteiger partial charge on any atom is 0.143 e. The van der Waals surface area contributed by atoms with Crippen LogP contribution < -0.4 is 4.90 Å². The maximum atomic E-state index is 10.0. The van der Waals surface area contributed by atoms with E-state index in [-0.39, 0.29) is 12.1 Å². The van der Waals surface area contributed by atoms with E-state index in [0.29, 0.717) is 5.02 Å². The molecule has 3 nitrogen and oxygen atoms in total. The second-order valence-electron chi connectivity index (χ2n) is 4.49. The van der Waals surface area contributed by atoms with Crippen molar-refractivity contribution in [1.82, 2.24) is 4.98 Å². The van der Waals surface area contributed by atoms with Gasteiger partial charge in [-0.3, -0.25) is 0 Å². The number of likely N-dealkylation sites (N-methyl/N-ethyl adjacent to an activating group) is 1. The fourth-order valence-electron chi connectivity index (χ4n) is 2.37. The summed E-state index contributed by atoms with van der Waals surface area (Å²) in [7, 11) is 1.97.